The zero-order valence-electron chi connectivity index (χ0n) is 10.7. The van der Waals surface area contributed by atoms with Gasteiger partial charge in [-0.05, 0) is 41.7 Å². The normalized spacial score (nSPS) is 12.1. The summed E-state index contributed by atoms with van der Waals surface area (Å²) in [6.45, 7) is 2.05. The Kier molecular flexibility index (Phi) is 3.85. The maximum absolute atomic E-state index is 11.2. The molecule has 0 saturated heterocycles. The van der Waals surface area contributed by atoms with E-state index in [1.165, 1.54) is 0 Å². The molecule has 0 aliphatic carbocycles. The summed E-state index contributed by atoms with van der Waals surface area (Å²) < 4.78 is 0. The van der Waals surface area contributed by atoms with Crippen molar-refractivity contribution in [1.29, 1.82) is 0 Å². The number of aromatic carboxylic acids is 1. The number of hydrogen-bond acceptors (Lipinski definition) is 2. The molecule has 0 heterocycles. The van der Waals surface area contributed by atoms with Gasteiger partial charge in [0.15, 0.2) is 0 Å². The van der Waals surface area contributed by atoms with Gasteiger partial charge in [0.1, 0.15) is 5.75 Å². The van der Waals surface area contributed by atoms with E-state index in [1.54, 1.807) is 24.3 Å². The first-order chi connectivity index (χ1) is 9.08. The summed E-state index contributed by atoms with van der Waals surface area (Å²) in [5.41, 5.74) is 2.27. The number of phenolic OH excluding ortho intramolecular Hbond substituents is 1. The fourth-order valence-corrected chi connectivity index (χ4v) is 2.16. The van der Waals surface area contributed by atoms with Crippen molar-refractivity contribution < 1.29 is 15.0 Å². The van der Waals surface area contributed by atoms with Crippen molar-refractivity contribution in [3.05, 3.63) is 65.2 Å². The molecule has 0 saturated carbocycles. The molecule has 2 rings (SSSR count). The highest BCUT2D eigenvalue weighted by molar-refractivity contribution is 5.89. The highest BCUT2D eigenvalue weighted by Crippen LogP contribution is 2.24. The molecule has 19 heavy (non-hydrogen) atoms. The second kappa shape index (κ2) is 5.57. The second-order valence-corrected chi connectivity index (χ2v) is 4.66. The molecular formula is C16H16O3. The molecule has 0 aromatic heterocycles. The SMILES string of the molecule is C[C@H](Cc1ccccc1C(=O)O)c1ccc(O)cc1. The van der Waals surface area contributed by atoms with E-state index in [0.717, 1.165) is 11.1 Å². The van der Waals surface area contributed by atoms with Crippen molar-refractivity contribution in [3.8, 4) is 5.75 Å². The van der Waals surface area contributed by atoms with Crippen LogP contribution in [0, 0.1) is 0 Å². The minimum Gasteiger partial charge on any atom is -0.508 e. The number of carbonyl (C=O) groups is 1. The Bertz CT molecular complexity index is 573. The molecule has 2 aromatic rings. The summed E-state index contributed by atoms with van der Waals surface area (Å²) in [5, 5.41) is 18.4. The van der Waals surface area contributed by atoms with Crippen molar-refractivity contribution in [2.24, 2.45) is 0 Å². The number of phenols is 1. The highest BCUT2D eigenvalue weighted by atomic mass is 16.4. The molecule has 0 aliphatic heterocycles. The number of aromatic hydroxyl groups is 1. The lowest BCUT2D eigenvalue weighted by atomic mass is 9.91. The average molecular weight is 256 g/mol. The van der Waals surface area contributed by atoms with Crippen LogP contribution in [0.4, 0.5) is 0 Å². The van der Waals surface area contributed by atoms with Gasteiger partial charge in [0.25, 0.3) is 0 Å². The molecule has 0 bridgehead atoms. The van der Waals surface area contributed by atoms with Gasteiger partial charge in [-0.1, -0.05) is 37.3 Å². The van der Waals surface area contributed by atoms with Crippen molar-refractivity contribution >= 4 is 5.97 Å². The van der Waals surface area contributed by atoms with Gasteiger partial charge in [-0.15, -0.1) is 0 Å². The topological polar surface area (TPSA) is 57.5 Å². The molecule has 2 N–H and O–H groups in total. The van der Waals surface area contributed by atoms with Crippen LogP contribution < -0.4 is 0 Å². The third kappa shape index (κ3) is 3.13. The molecule has 0 unspecified atom stereocenters. The maximum Gasteiger partial charge on any atom is 0.335 e. The third-order valence-electron chi connectivity index (χ3n) is 3.24. The Hall–Kier alpha value is -2.29. The highest BCUT2D eigenvalue weighted by Gasteiger charge is 2.13. The predicted octanol–water partition coefficient (Wildman–Crippen LogP) is 3.44. The number of benzene rings is 2. The van der Waals surface area contributed by atoms with Crippen LogP contribution >= 0.6 is 0 Å². The Morgan fingerprint density at radius 2 is 1.74 bits per heavy atom. The summed E-state index contributed by atoms with van der Waals surface area (Å²) in [4.78, 5) is 11.2. The minimum absolute atomic E-state index is 0.195. The van der Waals surface area contributed by atoms with Crippen molar-refractivity contribution in [2.75, 3.05) is 0 Å². The quantitative estimate of drug-likeness (QED) is 0.881. The maximum atomic E-state index is 11.2. The molecule has 3 heteroatoms. The molecule has 0 aliphatic rings. The van der Waals surface area contributed by atoms with E-state index >= 15 is 0 Å². The van der Waals surface area contributed by atoms with Crippen LogP contribution in [0.2, 0.25) is 0 Å². The zero-order valence-corrected chi connectivity index (χ0v) is 10.7. The molecule has 3 nitrogen and oxygen atoms in total. The largest absolute Gasteiger partial charge is 0.508 e. The fourth-order valence-electron chi connectivity index (χ4n) is 2.16. The Morgan fingerprint density at radius 3 is 2.37 bits per heavy atom. The van der Waals surface area contributed by atoms with Crippen LogP contribution in [0.3, 0.4) is 0 Å². The summed E-state index contributed by atoms with van der Waals surface area (Å²) in [7, 11) is 0. The fraction of sp³-hybridized carbons (Fsp3) is 0.188. The van der Waals surface area contributed by atoms with Crippen molar-refractivity contribution in [3.63, 3.8) is 0 Å². The van der Waals surface area contributed by atoms with E-state index in [2.05, 4.69) is 0 Å². The molecule has 0 spiro atoms. The first-order valence-corrected chi connectivity index (χ1v) is 6.18. The summed E-state index contributed by atoms with van der Waals surface area (Å²) >= 11 is 0. The standard InChI is InChI=1S/C16H16O3/c1-11(12-6-8-14(17)9-7-12)10-13-4-2-3-5-15(13)16(18)19/h2-9,11,17H,10H2,1H3,(H,18,19)/t11-/m1/s1. The summed E-state index contributed by atoms with van der Waals surface area (Å²) in [5.74, 6) is -0.462. The molecule has 0 fully saturated rings. The molecular weight excluding hydrogens is 240 g/mol. The number of carboxylic acids is 1. The average Bonchev–Trinajstić information content (AvgIpc) is 2.39. The van der Waals surface area contributed by atoms with Crippen molar-refractivity contribution in [1.82, 2.24) is 0 Å². The molecule has 2 aromatic carbocycles. The lowest BCUT2D eigenvalue weighted by molar-refractivity contribution is 0.0695. The molecule has 98 valence electrons. The number of carboxylic acid groups (broad SMARTS) is 1. The molecule has 0 radical (unpaired) electrons. The first-order valence-electron chi connectivity index (χ1n) is 6.18. The van der Waals surface area contributed by atoms with E-state index < -0.39 is 5.97 Å². The van der Waals surface area contributed by atoms with Gasteiger partial charge in [-0.25, -0.2) is 4.79 Å². The molecule has 1 atom stereocenters. The zero-order chi connectivity index (χ0) is 13.8. The summed E-state index contributed by atoms with van der Waals surface area (Å²) in [6.07, 6.45) is 0.660. The lowest BCUT2D eigenvalue weighted by Gasteiger charge is -2.13. The van der Waals surface area contributed by atoms with Crippen LogP contribution in [0.15, 0.2) is 48.5 Å². The monoisotopic (exact) mass is 256 g/mol. The smallest absolute Gasteiger partial charge is 0.335 e. The predicted molar refractivity (Wildman–Crippen MR) is 73.6 cm³/mol. The lowest BCUT2D eigenvalue weighted by Crippen LogP contribution is -2.06. The second-order valence-electron chi connectivity index (χ2n) is 4.66. The van der Waals surface area contributed by atoms with Gasteiger partial charge in [0, 0.05) is 0 Å². The van der Waals surface area contributed by atoms with Gasteiger partial charge in [-0.3, -0.25) is 0 Å². The van der Waals surface area contributed by atoms with Crippen LogP contribution in [-0.4, -0.2) is 16.2 Å². The Labute approximate surface area is 112 Å². The van der Waals surface area contributed by atoms with Crippen LogP contribution in [0.5, 0.6) is 5.75 Å². The minimum atomic E-state index is -0.895. The Balaban J connectivity index is 2.21. The Morgan fingerprint density at radius 1 is 1.11 bits per heavy atom. The van der Waals surface area contributed by atoms with E-state index in [0.29, 0.717) is 12.0 Å². The molecule has 0 amide bonds. The van der Waals surface area contributed by atoms with Gasteiger partial charge < -0.3 is 10.2 Å². The first kappa shape index (κ1) is 13.1. The van der Waals surface area contributed by atoms with Crippen LogP contribution in [0.25, 0.3) is 0 Å². The van der Waals surface area contributed by atoms with Crippen LogP contribution in [0.1, 0.15) is 34.3 Å². The van der Waals surface area contributed by atoms with Gasteiger partial charge >= 0.3 is 5.97 Å². The number of hydrogen-bond donors (Lipinski definition) is 2. The van der Waals surface area contributed by atoms with Crippen molar-refractivity contribution in [2.45, 2.75) is 19.3 Å². The third-order valence-corrected chi connectivity index (χ3v) is 3.24. The van der Waals surface area contributed by atoms with E-state index in [-0.39, 0.29) is 11.7 Å². The van der Waals surface area contributed by atoms with Gasteiger partial charge in [0.2, 0.25) is 0 Å². The number of rotatable bonds is 4. The van der Waals surface area contributed by atoms with E-state index in [4.69, 9.17) is 5.11 Å². The van der Waals surface area contributed by atoms with Gasteiger partial charge in [-0.2, -0.15) is 0 Å². The summed E-state index contributed by atoms with van der Waals surface area (Å²) in [6, 6.07) is 14.1. The van der Waals surface area contributed by atoms with Gasteiger partial charge in [0.05, 0.1) is 5.56 Å². The van der Waals surface area contributed by atoms with Crippen LogP contribution in [-0.2, 0) is 6.42 Å². The van der Waals surface area contributed by atoms with E-state index in [9.17, 15) is 9.90 Å². The van der Waals surface area contributed by atoms with E-state index in [1.807, 2.05) is 31.2 Å².